The van der Waals surface area contributed by atoms with Crippen LogP contribution in [0.25, 0.3) is 0 Å². The fraction of sp³-hybridized carbons (Fsp3) is 0.432. The van der Waals surface area contributed by atoms with Gasteiger partial charge in [0, 0.05) is 0 Å². The van der Waals surface area contributed by atoms with Crippen molar-refractivity contribution in [1.29, 1.82) is 0 Å². The van der Waals surface area contributed by atoms with Crippen LogP contribution in [0.5, 0.6) is 0 Å². The first-order valence-corrected chi connectivity index (χ1v) is 32.5. The number of rotatable bonds is 10. The second-order valence-corrected chi connectivity index (χ2v) is 32.3. The molecule has 4 unspecified atom stereocenters. The average Bonchev–Trinajstić information content (AvgIpc) is 2.21. The van der Waals surface area contributed by atoms with E-state index in [0.717, 1.165) is 63.4 Å². The summed E-state index contributed by atoms with van der Waals surface area (Å²) >= 11 is 0. The molecule has 4 nitrogen and oxygen atoms in total. The second kappa shape index (κ2) is 18.6. The number of aromatic nitrogens is 1. The standard InChI is InChI=1S/C74H88N3OP/c1-48(50-40-55(70(2,3)4)44-56(41-50)72(8,9)52-30-20-15-21-31-52)65(73(10,11)53-32-22-16-23-33-53)69(74(12,13)54-34-24-17-25-35-54)75-47-79-67-61(75)42-51(49-28-18-14-19-29-49)43-63(67)78-62-39-38-59-58-36-26-27-37-60(58)77(66(59)68(62)79)64-45-57(46-76(64)79)71(5,6)7/h14-16,18-24,27-34,37,40,43-46,51,54,56,59,62,79H,1,17,25-26,35-36,38-39,41-42,47H2,2-13H3/b69-65+/t51-,54?,56?,59?,62?/m0/s1. The normalized spacial score (nSPS) is 25.9. The molecule has 0 amide bonds. The average molecular weight is 1070 g/mol. The van der Waals surface area contributed by atoms with Gasteiger partial charge in [-0.15, -0.1) is 0 Å². The van der Waals surface area contributed by atoms with Crippen LogP contribution in [0, 0.1) is 28.6 Å². The van der Waals surface area contributed by atoms with E-state index in [0.29, 0.717) is 11.8 Å². The summed E-state index contributed by atoms with van der Waals surface area (Å²) < 4.78 is 10.8. The third-order valence-electron chi connectivity index (χ3n) is 21.0. The molecule has 5 heteroatoms. The van der Waals surface area contributed by atoms with Crippen molar-refractivity contribution < 1.29 is 4.74 Å². The molecule has 1 saturated heterocycles. The van der Waals surface area contributed by atoms with Gasteiger partial charge in [0.25, 0.3) is 0 Å². The molecular weight excluding hydrogens is 978 g/mol. The van der Waals surface area contributed by atoms with E-state index in [4.69, 9.17) is 11.3 Å². The van der Waals surface area contributed by atoms with Crippen LogP contribution in [0.15, 0.2) is 219 Å². The Morgan fingerprint density at radius 1 is 0.709 bits per heavy atom. The maximum atomic E-state index is 7.84. The summed E-state index contributed by atoms with van der Waals surface area (Å²) in [4.78, 5) is 5.80. The molecule has 0 saturated carbocycles. The van der Waals surface area contributed by atoms with Crippen molar-refractivity contribution in [3.05, 3.63) is 242 Å². The third-order valence-corrected chi connectivity index (χ3v) is 25.8. The molecule has 1 fully saturated rings. The number of ether oxygens (including phenoxy) is 1. The van der Waals surface area contributed by atoms with Gasteiger partial charge in [-0.3, -0.25) is 0 Å². The predicted molar refractivity (Wildman–Crippen MR) is 334 cm³/mol. The summed E-state index contributed by atoms with van der Waals surface area (Å²) in [6.07, 6.45) is 31.3. The van der Waals surface area contributed by atoms with Gasteiger partial charge >= 0.3 is 472 Å². The summed E-state index contributed by atoms with van der Waals surface area (Å²) in [6, 6.07) is 36.8. The van der Waals surface area contributed by atoms with E-state index in [1.54, 1.807) is 16.6 Å². The molecule has 0 N–H and O–H groups in total. The molecule has 13 rings (SSSR count). The molecule has 0 radical (unpaired) electrons. The topological polar surface area (TPSA) is 20.6 Å². The number of allylic oxidation sites excluding steroid dienone is 15. The molecule has 4 aliphatic heterocycles. The van der Waals surface area contributed by atoms with E-state index in [-0.39, 0.29) is 39.6 Å². The Balaban J connectivity index is 1.12. The zero-order valence-corrected chi connectivity index (χ0v) is 50.8. The molecule has 410 valence electrons. The zero-order chi connectivity index (χ0) is 55.2. The van der Waals surface area contributed by atoms with Crippen molar-refractivity contribution in [2.24, 2.45) is 28.6 Å². The van der Waals surface area contributed by atoms with Gasteiger partial charge in [0.15, 0.2) is 0 Å². The zero-order valence-electron chi connectivity index (χ0n) is 49.8. The van der Waals surface area contributed by atoms with Crippen molar-refractivity contribution in [1.82, 2.24) is 9.24 Å². The van der Waals surface area contributed by atoms with Gasteiger partial charge in [-0.2, -0.15) is 0 Å². The molecule has 79 heavy (non-hydrogen) atoms. The van der Waals surface area contributed by atoms with E-state index in [1.807, 2.05) is 0 Å². The second-order valence-electron chi connectivity index (χ2n) is 28.8. The maximum absolute atomic E-state index is 7.84. The van der Waals surface area contributed by atoms with Gasteiger partial charge in [-0.1, -0.05) is 6.07 Å². The van der Waals surface area contributed by atoms with Crippen molar-refractivity contribution in [2.75, 3.05) is 11.2 Å². The Labute approximate surface area is 475 Å². The Morgan fingerprint density at radius 3 is 2.08 bits per heavy atom. The minimum atomic E-state index is -2.99. The summed E-state index contributed by atoms with van der Waals surface area (Å²) in [6.45, 7) is 35.3. The summed E-state index contributed by atoms with van der Waals surface area (Å²) in [5.74, 6) is 3.73. The molecule has 5 aliphatic carbocycles. The van der Waals surface area contributed by atoms with Crippen LogP contribution in [-0.2, 0) is 21.0 Å². The van der Waals surface area contributed by atoms with E-state index in [9.17, 15) is 0 Å². The van der Waals surface area contributed by atoms with Crippen LogP contribution in [0.2, 0.25) is 0 Å². The van der Waals surface area contributed by atoms with Crippen LogP contribution in [0.4, 0.5) is 5.82 Å². The molecule has 5 atom stereocenters. The molecule has 0 bridgehead atoms. The van der Waals surface area contributed by atoms with Gasteiger partial charge < -0.3 is 0 Å². The predicted octanol–water partition coefficient (Wildman–Crippen LogP) is 19.4. The first-order chi connectivity index (χ1) is 37.6. The molecular formula is C74H88N3OP. The molecule has 4 aromatic rings. The first-order valence-electron chi connectivity index (χ1n) is 30.4. The van der Waals surface area contributed by atoms with Crippen molar-refractivity contribution >= 4 is 13.2 Å². The molecule has 9 aliphatic rings. The van der Waals surface area contributed by atoms with Gasteiger partial charge in [-0.25, -0.2) is 0 Å². The van der Waals surface area contributed by atoms with E-state index in [1.165, 1.54) is 79.2 Å². The van der Waals surface area contributed by atoms with E-state index in [2.05, 4.69) is 243 Å². The summed E-state index contributed by atoms with van der Waals surface area (Å²) in [5, 5.41) is 3.18. The van der Waals surface area contributed by atoms with E-state index < -0.39 is 12.8 Å². The monoisotopic (exact) mass is 1070 g/mol. The number of nitrogens with zero attached hydrogens (tertiary/aromatic N) is 3. The molecule has 3 aromatic carbocycles. The van der Waals surface area contributed by atoms with Gasteiger partial charge in [-0.05, 0) is 0 Å². The molecule has 1 spiro atoms. The number of hydrogen-bond donors (Lipinski definition) is 0. The van der Waals surface area contributed by atoms with Gasteiger partial charge in [0.2, 0.25) is 0 Å². The Bertz CT molecular complexity index is 3450. The quantitative estimate of drug-likeness (QED) is 0.0897. The number of hydrogen-bond acceptors (Lipinski definition) is 3. The van der Waals surface area contributed by atoms with Crippen molar-refractivity contribution in [3.8, 4) is 0 Å². The van der Waals surface area contributed by atoms with Crippen LogP contribution in [0.1, 0.15) is 169 Å². The Hall–Kier alpha value is -5.83. The number of fused-ring (bicyclic) bond motifs is 4. The number of benzene rings is 3. The van der Waals surface area contributed by atoms with Crippen molar-refractivity contribution in [3.63, 3.8) is 0 Å². The molecule has 1 aromatic heterocycles. The van der Waals surface area contributed by atoms with Crippen LogP contribution in [-0.4, -0.2) is 21.6 Å². The Morgan fingerprint density at radius 2 is 1.41 bits per heavy atom. The van der Waals surface area contributed by atoms with Crippen LogP contribution < -0.4 is 4.90 Å². The first kappa shape index (κ1) is 52.5. The van der Waals surface area contributed by atoms with Crippen LogP contribution in [0.3, 0.4) is 0 Å². The number of anilines is 1. The van der Waals surface area contributed by atoms with Crippen LogP contribution >= 0.6 is 7.41 Å². The van der Waals surface area contributed by atoms with Gasteiger partial charge in [0.1, 0.15) is 0 Å². The summed E-state index contributed by atoms with van der Waals surface area (Å²) in [7, 11) is -2.99. The fourth-order valence-corrected chi connectivity index (χ4v) is 22.0. The SMILES string of the molecule is C=C(C1=CC(C(C)(C)C)=CC(C(C)(C)c2ccccc2)C1)/C(=C(\N1C[PH]23C4=C1C[C@H](c1ccccc1)C=C4OC1CCC4C5=C(C=CCC5)N(C4=C12)c1cc(C(C)(C)C)cn13)C(C)(C)C1C=CCCC1)C(C)(C)c1ccccc1. The third kappa shape index (κ3) is 8.12. The fourth-order valence-electron chi connectivity index (χ4n) is 16.3. The summed E-state index contributed by atoms with van der Waals surface area (Å²) in [5.41, 5.74) is 17.5. The Kier molecular flexibility index (Phi) is 12.4. The van der Waals surface area contributed by atoms with Gasteiger partial charge in [0.05, 0.1) is 0 Å². The minimum absolute atomic E-state index is 0.0296. The van der Waals surface area contributed by atoms with E-state index >= 15 is 0 Å². The molecule has 5 heterocycles. The van der Waals surface area contributed by atoms with Crippen molar-refractivity contribution in [2.45, 2.75) is 169 Å².